The van der Waals surface area contributed by atoms with Crippen molar-refractivity contribution in [2.75, 3.05) is 50.9 Å². The second kappa shape index (κ2) is 10.5. The second-order valence-corrected chi connectivity index (χ2v) is 7.28. The Morgan fingerprint density at radius 2 is 2.26 bits per heavy atom. The molecule has 2 unspecified atom stereocenters. The molecule has 2 atom stereocenters. The zero-order valence-electron chi connectivity index (χ0n) is 16.7. The fourth-order valence-electron chi connectivity index (χ4n) is 3.66. The van der Waals surface area contributed by atoms with E-state index in [-0.39, 0.29) is 6.10 Å². The third kappa shape index (κ3) is 5.84. The van der Waals surface area contributed by atoms with E-state index in [1.165, 1.54) is 11.3 Å². The number of para-hydroxylation sites is 1. The Kier molecular flexibility index (Phi) is 7.78. The third-order valence-corrected chi connectivity index (χ3v) is 5.17. The van der Waals surface area contributed by atoms with Crippen LogP contribution in [0, 0.1) is 0 Å². The lowest BCUT2D eigenvalue weighted by Gasteiger charge is -2.26. The molecule has 0 amide bonds. The highest BCUT2D eigenvalue weighted by atomic mass is 16.5. The molecule has 1 aromatic rings. The summed E-state index contributed by atoms with van der Waals surface area (Å²) in [4.78, 5) is 7.27. The molecule has 0 aromatic heterocycles. The molecule has 0 radical (unpaired) electrons. The van der Waals surface area contributed by atoms with Gasteiger partial charge in [-0.2, -0.15) is 0 Å². The lowest BCUT2D eigenvalue weighted by atomic mass is 10.2. The maximum Gasteiger partial charge on any atom is 0.191 e. The van der Waals surface area contributed by atoms with Gasteiger partial charge in [-0.3, -0.25) is 4.99 Å². The van der Waals surface area contributed by atoms with Gasteiger partial charge in [-0.05, 0) is 44.7 Å². The van der Waals surface area contributed by atoms with Crippen LogP contribution in [-0.2, 0) is 15.9 Å². The van der Waals surface area contributed by atoms with Gasteiger partial charge in [0.05, 0.1) is 19.3 Å². The lowest BCUT2D eigenvalue weighted by molar-refractivity contribution is 0.0420. The standard InChI is InChI=1S/C21H34N4O2/c1-3-22-21(23-11-6-13-27-19-10-14-26-16-19)24-15-17(2)25-12-9-18-7-4-5-8-20(18)25/h4-5,7-8,17,19H,3,6,9-16H2,1-2H3,(H2,22,23,24). The zero-order chi connectivity index (χ0) is 18.9. The van der Waals surface area contributed by atoms with E-state index in [1.54, 1.807) is 0 Å². The van der Waals surface area contributed by atoms with Gasteiger partial charge in [-0.25, -0.2) is 0 Å². The molecule has 1 fully saturated rings. The van der Waals surface area contributed by atoms with Gasteiger partial charge in [0.1, 0.15) is 0 Å². The number of fused-ring (bicyclic) bond motifs is 1. The van der Waals surface area contributed by atoms with Crippen molar-refractivity contribution in [1.82, 2.24) is 10.6 Å². The van der Waals surface area contributed by atoms with Crippen molar-refractivity contribution in [3.8, 4) is 0 Å². The van der Waals surface area contributed by atoms with Crippen molar-refractivity contribution in [1.29, 1.82) is 0 Å². The van der Waals surface area contributed by atoms with E-state index >= 15 is 0 Å². The number of anilines is 1. The van der Waals surface area contributed by atoms with Crippen LogP contribution in [0.3, 0.4) is 0 Å². The largest absolute Gasteiger partial charge is 0.379 e. The molecule has 0 spiro atoms. The van der Waals surface area contributed by atoms with Gasteiger partial charge < -0.3 is 25.0 Å². The van der Waals surface area contributed by atoms with Crippen LogP contribution >= 0.6 is 0 Å². The summed E-state index contributed by atoms with van der Waals surface area (Å²) in [6, 6.07) is 9.09. The molecule has 0 saturated carbocycles. The first-order valence-electron chi connectivity index (χ1n) is 10.3. The molecule has 150 valence electrons. The molecular weight excluding hydrogens is 340 g/mol. The predicted molar refractivity (Wildman–Crippen MR) is 111 cm³/mol. The van der Waals surface area contributed by atoms with Crippen molar-refractivity contribution in [3.05, 3.63) is 29.8 Å². The molecule has 2 aliphatic heterocycles. The Balaban J connectivity index is 1.41. The van der Waals surface area contributed by atoms with Crippen LogP contribution < -0.4 is 15.5 Å². The minimum absolute atomic E-state index is 0.288. The number of nitrogens with one attached hydrogen (secondary N) is 2. The van der Waals surface area contributed by atoms with Crippen molar-refractivity contribution in [2.45, 2.75) is 45.3 Å². The van der Waals surface area contributed by atoms with Crippen LogP contribution in [0.2, 0.25) is 0 Å². The number of ether oxygens (including phenoxy) is 2. The van der Waals surface area contributed by atoms with Crippen LogP contribution in [0.5, 0.6) is 0 Å². The number of benzene rings is 1. The van der Waals surface area contributed by atoms with Crippen LogP contribution in [0.25, 0.3) is 0 Å². The molecule has 1 saturated heterocycles. The van der Waals surface area contributed by atoms with Crippen LogP contribution in [0.4, 0.5) is 5.69 Å². The molecule has 2 heterocycles. The minimum atomic E-state index is 0.288. The molecule has 3 rings (SSSR count). The van der Waals surface area contributed by atoms with E-state index in [2.05, 4.69) is 53.6 Å². The average Bonchev–Trinajstić information content (AvgIpc) is 3.35. The van der Waals surface area contributed by atoms with E-state index in [9.17, 15) is 0 Å². The lowest BCUT2D eigenvalue weighted by Crippen LogP contribution is -2.40. The smallest absolute Gasteiger partial charge is 0.191 e. The average molecular weight is 375 g/mol. The highest BCUT2D eigenvalue weighted by molar-refractivity contribution is 5.79. The second-order valence-electron chi connectivity index (χ2n) is 7.28. The van der Waals surface area contributed by atoms with Gasteiger partial charge in [-0.15, -0.1) is 0 Å². The van der Waals surface area contributed by atoms with E-state index in [4.69, 9.17) is 14.5 Å². The predicted octanol–water partition coefficient (Wildman–Crippen LogP) is 2.19. The highest BCUT2D eigenvalue weighted by Gasteiger charge is 2.22. The molecule has 6 nitrogen and oxygen atoms in total. The van der Waals surface area contributed by atoms with E-state index in [0.717, 1.165) is 71.2 Å². The molecule has 0 bridgehead atoms. The maximum absolute atomic E-state index is 5.81. The number of hydrogen-bond donors (Lipinski definition) is 2. The monoisotopic (exact) mass is 374 g/mol. The maximum atomic E-state index is 5.81. The molecule has 0 aliphatic carbocycles. The first kappa shape index (κ1) is 20.0. The Hall–Kier alpha value is -1.79. The summed E-state index contributed by atoms with van der Waals surface area (Å²) in [5, 5.41) is 6.76. The summed E-state index contributed by atoms with van der Waals surface area (Å²) >= 11 is 0. The van der Waals surface area contributed by atoms with Crippen molar-refractivity contribution < 1.29 is 9.47 Å². The van der Waals surface area contributed by atoms with Gasteiger partial charge >= 0.3 is 0 Å². The Labute approximate surface area is 163 Å². The minimum Gasteiger partial charge on any atom is -0.379 e. The van der Waals surface area contributed by atoms with Gasteiger partial charge in [-0.1, -0.05) is 18.2 Å². The van der Waals surface area contributed by atoms with E-state index in [1.807, 2.05) is 0 Å². The van der Waals surface area contributed by atoms with E-state index < -0.39 is 0 Å². The van der Waals surface area contributed by atoms with Gasteiger partial charge in [0.25, 0.3) is 0 Å². The first-order chi connectivity index (χ1) is 13.3. The SMILES string of the molecule is CCNC(=NCC(C)N1CCc2ccccc21)NCCCOC1CCOC1. The number of nitrogens with zero attached hydrogens (tertiary/aromatic N) is 2. The van der Waals surface area contributed by atoms with E-state index in [0.29, 0.717) is 6.04 Å². The van der Waals surface area contributed by atoms with Gasteiger partial charge in [0, 0.05) is 44.6 Å². The summed E-state index contributed by atoms with van der Waals surface area (Å²) in [6.45, 7) is 10.3. The summed E-state index contributed by atoms with van der Waals surface area (Å²) in [5.41, 5.74) is 2.82. The van der Waals surface area contributed by atoms with Crippen molar-refractivity contribution >= 4 is 11.6 Å². The molecule has 2 aliphatic rings. The van der Waals surface area contributed by atoms with Crippen molar-refractivity contribution in [3.63, 3.8) is 0 Å². The molecule has 27 heavy (non-hydrogen) atoms. The molecule has 6 heteroatoms. The summed E-state index contributed by atoms with van der Waals surface area (Å²) in [6.07, 6.45) is 3.41. The van der Waals surface area contributed by atoms with Gasteiger partial charge in [0.15, 0.2) is 5.96 Å². The van der Waals surface area contributed by atoms with Crippen LogP contribution in [0.1, 0.15) is 32.3 Å². The first-order valence-corrected chi connectivity index (χ1v) is 10.3. The third-order valence-electron chi connectivity index (χ3n) is 5.17. The van der Waals surface area contributed by atoms with Crippen molar-refractivity contribution in [2.24, 2.45) is 4.99 Å². The fourth-order valence-corrected chi connectivity index (χ4v) is 3.66. The van der Waals surface area contributed by atoms with Crippen LogP contribution in [-0.4, -0.2) is 64.1 Å². The molecule has 1 aromatic carbocycles. The number of guanidine groups is 1. The topological polar surface area (TPSA) is 58.1 Å². The summed E-state index contributed by atoms with van der Waals surface area (Å²) in [5.74, 6) is 0.890. The summed E-state index contributed by atoms with van der Waals surface area (Å²) in [7, 11) is 0. The van der Waals surface area contributed by atoms with Gasteiger partial charge in [0.2, 0.25) is 0 Å². The number of hydrogen-bond acceptors (Lipinski definition) is 4. The quantitative estimate of drug-likeness (QED) is 0.394. The zero-order valence-corrected chi connectivity index (χ0v) is 16.7. The normalized spacial score (nSPS) is 20.6. The number of aliphatic imine (C=N–C) groups is 1. The highest BCUT2D eigenvalue weighted by Crippen LogP contribution is 2.29. The number of rotatable bonds is 9. The Morgan fingerprint density at radius 1 is 1.37 bits per heavy atom. The molecular formula is C21H34N4O2. The van der Waals surface area contributed by atoms with Crippen LogP contribution in [0.15, 0.2) is 29.3 Å². The Bertz CT molecular complexity index is 602. The summed E-state index contributed by atoms with van der Waals surface area (Å²) < 4.78 is 11.1. The molecule has 2 N–H and O–H groups in total. The Morgan fingerprint density at radius 3 is 3.07 bits per heavy atom. The fraction of sp³-hybridized carbons (Fsp3) is 0.667.